The summed E-state index contributed by atoms with van der Waals surface area (Å²) in [7, 11) is 0. The highest BCUT2D eigenvalue weighted by Crippen LogP contribution is 2.17. The zero-order valence-corrected chi connectivity index (χ0v) is 11.3. The van der Waals surface area contributed by atoms with Crippen molar-refractivity contribution in [2.24, 2.45) is 0 Å². The molecule has 0 fully saturated rings. The van der Waals surface area contributed by atoms with Crippen molar-refractivity contribution < 1.29 is 4.79 Å². The number of carbonyl (C=O) groups excluding carboxylic acids is 1. The molecule has 0 aliphatic carbocycles. The van der Waals surface area contributed by atoms with Crippen LogP contribution in [0.25, 0.3) is 0 Å². The number of benzene rings is 1. The molecule has 0 unspecified atom stereocenters. The van der Waals surface area contributed by atoms with Gasteiger partial charge in [-0.15, -0.1) is 0 Å². The van der Waals surface area contributed by atoms with E-state index in [9.17, 15) is 4.79 Å². The van der Waals surface area contributed by atoms with Gasteiger partial charge in [0.25, 0.3) is 5.91 Å². The molecule has 1 heterocycles. The van der Waals surface area contributed by atoms with Gasteiger partial charge < -0.3 is 5.32 Å². The predicted molar refractivity (Wildman–Crippen MR) is 75.9 cm³/mol. The molecule has 1 amide bonds. The molecule has 0 aliphatic rings. The van der Waals surface area contributed by atoms with Crippen molar-refractivity contribution in [3.8, 4) is 0 Å². The predicted octanol–water partition coefficient (Wildman–Crippen LogP) is 3.27. The minimum absolute atomic E-state index is 0.0428. The van der Waals surface area contributed by atoms with Crippen molar-refractivity contribution in [1.29, 1.82) is 0 Å². The Hall–Kier alpha value is -2.16. The molecule has 0 saturated carbocycles. The Morgan fingerprint density at radius 3 is 2.37 bits per heavy atom. The number of amides is 1. The molecular weight excluding hydrogens is 236 g/mol. The van der Waals surface area contributed by atoms with E-state index in [1.807, 2.05) is 0 Å². The van der Waals surface area contributed by atoms with Gasteiger partial charge in [-0.2, -0.15) is 0 Å². The Kier molecular flexibility index (Phi) is 4.29. The zero-order valence-electron chi connectivity index (χ0n) is 11.3. The second kappa shape index (κ2) is 6.14. The van der Waals surface area contributed by atoms with Crippen LogP contribution < -0.4 is 5.32 Å². The zero-order chi connectivity index (χ0) is 13.7. The molecule has 1 aromatic carbocycles. The van der Waals surface area contributed by atoms with Gasteiger partial charge in [0, 0.05) is 18.0 Å². The Bertz CT molecular complexity index is 534. The molecule has 1 atom stereocenters. The van der Waals surface area contributed by atoms with Gasteiger partial charge in [0.15, 0.2) is 0 Å². The third-order valence-corrected chi connectivity index (χ3v) is 3.14. The van der Waals surface area contributed by atoms with E-state index < -0.39 is 0 Å². The summed E-state index contributed by atoms with van der Waals surface area (Å²) in [4.78, 5) is 16.0. The number of hydrogen-bond donors (Lipinski definition) is 1. The lowest BCUT2D eigenvalue weighted by Crippen LogP contribution is -2.28. The first-order chi connectivity index (χ1) is 9.20. The van der Waals surface area contributed by atoms with Crippen LogP contribution in [0.4, 0.5) is 0 Å². The average Bonchev–Trinajstić information content (AvgIpc) is 2.46. The van der Waals surface area contributed by atoms with Gasteiger partial charge in [-0.1, -0.05) is 36.8 Å². The molecule has 0 saturated heterocycles. The van der Waals surface area contributed by atoms with Crippen molar-refractivity contribution in [2.75, 3.05) is 0 Å². The van der Waals surface area contributed by atoms with Gasteiger partial charge in [0.1, 0.15) is 0 Å². The summed E-state index contributed by atoms with van der Waals surface area (Å²) in [5.41, 5.74) is 3.00. The second-order valence-electron chi connectivity index (χ2n) is 4.58. The van der Waals surface area contributed by atoms with E-state index in [0.29, 0.717) is 5.56 Å². The molecule has 2 aromatic rings. The Balaban J connectivity index is 2.11. The topological polar surface area (TPSA) is 42.0 Å². The maximum absolute atomic E-state index is 12.1. The highest BCUT2D eigenvalue weighted by atomic mass is 16.1. The number of aromatic nitrogens is 1. The van der Waals surface area contributed by atoms with Crippen LogP contribution in [0.1, 0.15) is 40.9 Å². The highest BCUT2D eigenvalue weighted by Gasteiger charge is 2.13. The summed E-state index contributed by atoms with van der Waals surface area (Å²) in [5.74, 6) is -0.0603. The molecule has 19 heavy (non-hydrogen) atoms. The first-order valence-corrected chi connectivity index (χ1v) is 6.48. The summed E-state index contributed by atoms with van der Waals surface area (Å²) in [6.07, 6.45) is 4.11. The first-order valence-electron chi connectivity index (χ1n) is 6.48. The molecular formula is C16H18N2O. The molecule has 0 bridgehead atoms. The van der Waals surface area contributed by atoms with Gasteiger partial charge in [-0.25, -0.2) is 0 Å². The van der Waals surface area contributed by atoms with Gasteiger partial charge in [-0.05, 0) is 31.0 Å². The monoisotopic (exact) mass is 254 g/mol. The molecule has 1 aromatic heterocycles. The maximum Gasteiger partial charge on any atom is 0.251 e. The van der Waals surface area contributed by atoms with Gasteiger partial charge >= 0.3 is 0 Å². The summed E-state index contributed by atoms with van der Waals surface area (Å²) < 4.78 is 0. The lowest BCUT2D eigenvalue weighted by molar-refractivity contribution is 0.0935. The average molecular weight is 254 g/mol. The van der Waals surface area contributed by atoms with E-state index >= 15 is 0 Å². The number of pyridine rings is 1. The van der Waals surface area contributed by atoms with Crippen molar-refractivity contribution in [3.05, 3.63) is 65.5 Å². The van der Waals surface area contributed by atoms with Crippen molar-refractivity contribution in [3.63, 3.8) is 0 Å². The van der Waals surface area contributed by atoms with E-state index in [1.165, 1.54) is 5.56 Å². The fraction of sp³-hybridized carbons (Fsp3) is 0.250. The number of aryl methyl sites for hydroxylation is 1. The number of nitrogens with one attached hydrogen (secondary N) is 1. The molecule has 0 aliphatic heterocycles. The van der Waals surface area contributed by atoms with Crippen LogP contribution in [0.2, 0.25) is 0 Å². The largest absolute Gasteiger partial charge is 0.345 e. The molecule has 98 valence electrons. The third kappa shape index (κ3) is 3.41. The standard InChI is InChI=1S/C16H18N2O/c1-3-15(13-6-4-12(2)5-7-13)18-16(19)14-8-10-17-11-9-14/h4-11,15H,3H2,1-2H3,(H,18,19)/t15-/m1/s1. The number of hydrogen-bond acceptors (Lipinski definition) is 2. The van der Waals surface area contributed by atoms with Crippen LogP contribution in [0.15, 0.2) is 48.8 Å². The van der Waals surface area contributed by atoms with Crippen LogP contribution >= 0.6 is 0 Å². The summed E-state index contributed by atoms with van der Waals surface area (Å²) in [5, 5.41) is 3.05. The van der Waals surface area contributed by atoms with E-state index in [-0.39, 0.29) is 11.9 Å². The quantitative estimate of drug-likeness (QED) is 0.909. The summed E-state index contributed by atoms with van der Waals surface area (Å²) in [6.45, 7) is 4.12. The summed E-state index contributed by atoms with van der Waals surface area (Å²) in [6, 6.07) is 11.7. The van der Waals surface area contributed by atoms with Crippen LogP contribution in [0, 0.1) is 6.92 Å². The van der Waals surface area contributed by atoms with Crippen LogP contribution in [-0.4, -0.2) is 10.9 Å². The lowest BCUT2D eigenvalue weighted by Gasteiger charge is -2.17. The minimum atomic E-state index is -0.0603. The second-order valence-corrected chi connectivity index (χ2v) is 4.58. The first kappa shape index (κ1) is 13.3. The van der Waals surface area contributed by atoms with E-state index in [4.69, 9.17) is 0 Å². The van der Waals surface area contributed by atoms with Crippen LogP contribution in [0.3, 0.4) is 0 Å². The van der Waals surface area contributed by atoms with Crippen LogP contribution in [-0.2, 0) is 0 Å². The van der Waals surface area contributed by atoms with Gasteiger partial charge in [-0.3, -0.25) is 9.78 Å². The highest BCUT2D eigenvalue weighted by molar-refractivity contribution is 5.94. The van der Waals surface area contributed by atoms with E-state index in [1.54, 1.807) is 24.5 Å². The lowest BCUT2D eigenvalue weighted by atomic mass is 10.0. The van der Waals surface area contributed by atoms with Gasteiger partial charge in [0.05, 0.1) is 6.04 Å². The number of nitrogens with zero attached hydrogens (tertiary/aromatic N) is 1. The van der Waals surface area contributed by atoms with Crippen molar-refractivity contribution in [1.82, 2.24) is 10.3 Å². The molecule has 2 rings (SSSR count). The molecule has 0 radical (unpaired) electrons. The van der Waals surface area contributed by atoms with Crippen LogP contribution in [0.5, 0.6) is 0 Å². The normalized spacial score (nSPS) is 11.9. The Morgan fingerprint density at radius 1 is 1.16 bits per heavy atom. The summed E-state index contributed by atoms with van der Waals surface area (Å²) >= 11 is 0. The maximum atomic E-state index is 12.1. The molecule has 0 spiro atoms. The number of rotatable bonds is 4. The molecule has 1 N–H and O–H groups in total. The smallest absolute Gasteiger partial charge is 0.251 e. The fourth-order valence-corrected chi connectivity index (χ4v) is 1.96. The van der Waals surface area contributed by atoms with Gasteiger partial charge in [0.2, 0.25) is 0 Å². The molecule has 3 heteroatoms. The Morgan fingerprint density at radius 2 is 1.79 bits per heavy atom. The van der Waals surface area contributed by atoms with Crippen molar-refractivity contribution >= 4 is 5.91 Å². The Labute approximate surface area is 113 Å². The van der Waals surface area contributed by atoms with E-state index in [2.05, 4.69) is 48.4 Å². The third-order valence-electron chi connectivity index (χ3n) is 3.14. The SMILES string of the molecule is CC[C@@H](NC(=O)c1ccncc1)c1ccc(C)cc1. The minimum Gasteiger partial charge on any atom is -0.345 e. The molecule has 3 nitrogen and oxygen atoms in total. The van der Waals surface area contributed by atoms with Crippen molar-refractivity contribution in [2.45, 2.75) is 26.3 Å². The number of carbonyl (C=O) groups is 1. The van der Waals surface area contributed by atoms with E-state index in [0.717, 1.165) is 12.0 Å². The fourth-order valence-electron chi connectivity index (χ4n) is 1.96.